The van der Waals surface area contributed by atoms with Crippen molar-refractivity contribution in [3.63, 3.8) is 0 Å². The van der Waals surface area contributed by atoms with Gasteiger partial charge in [0, 0.05) is 9.75 Å². The van der Waals surface area contributed by atoms with Crippen molar-refractivity contribution in [1.29, 1.82) is 0 Å². The number of carbonyl (C=O) groups is 2. The van der Waals surface area contributed by atoms with Crippen molar-refractivity contribution in [3.05, 3.63) is 76.9 Å². The number of para-hydroxylation sites is 1. The Balaban J connectivity index is 1.73. The largest absolute Gasteiger partial charge is 0.368 e. The van der Waals surface area contributed by atoms with E-state index in [1.165, 1.54) is 23.5 Å². The Morgan fingerprint density at radius 1 is 1.11 bits per heavy atom. The van der Waals surface area contributed by atoms with Crippen molar-refractivity contribution in [2.75, 3.05) is 11.4 Å². The summed E-state index contributed by atoms with van der Waals surface area (Å²) in [6, 6.07) is 17.2. The normalized spacial score (nSPS) is 16.0. The van der Waals surface area contributed by atoms with E-state index in [0.29, 0.717) is 11.3 Å². The SMILES string of the molecule is NC(=O)CN1c2ccccc2C(=O)N[C@@H]1c1ccc(-c2ccc(F)cc2)s1. The Bertz CT molecular complexity index is 1020. The molecular formula is C20H16FN3O2S. The first kappa shape index (κ1) is 17.2. The highest BCUT2D eigenvalue weighted by Crippen LogP contribution is 2.38. The first-order valence-electron chi connectivity index (χ1n) is 8.33. The average molecular weight is 381 g/mol. The van der Waals surface area contributed by atoms with Gasteiger partial charge in [0.05, 0.1) is 17.8 Å². The number of fused-ring (bicyclic) bond motifs is 1. The molecule has 2 amide bonds. The summed E-state index contributed by atoms with van der Waals surface area (Å²) in [5.41, 5.74) is 7.50. The molecule has 0 saturated heterocycles. The summed E-state index contributed by atoms with van der Waals surface area (Å²) in [6.07, 6.45) is -0.501. The Morgan fingerprint density at radius 2 is 1.85 bits per heavy atom. The fraction of sp³-hybridized carbons (Fsp3) is 0.100. The number of amides is 2. The predicted octanol–water partition coefficient (Wildman–Crippen LogP) is 3.29. The van der Waals surface area contributed by atoms with Crippen LogP contribution in [0, 0.1) is 5.82 Å². The van der Waals surface area contributed by atoms with Gasteiger partial charge in [-0.1, -0.05) is 24.3 Å². The molecule has 0 unspecified atom stereocenters. The lowest BCUT2D eigenvalue weighted by atomic mass is 10.1. The van der Waals surface area contributed by atoms with Gasteiger partial charge in [0.25, 0.3) is 5.91 Å². The molecule has 3 aromatic rings. The van der Waals surface area contributed by atoms with Crippen molar-refractivity contribution in [3.8, 4) is 10.4 Å². The minimum Gasteiger partial charge on any atom is -0.368 e. The number of nitrogens with one attached hydrogen (secondary N) is 1. The molecule has 27 heavy (non-hydrogen) atoms. The zero-order valence-electron chi connectivity index (χ0n) is 14.2. The lowest BCUT2D eigenvalue weighted by molar-refractivity contribution is -0.116. The van der Waals surface area contributed by atoms with Gasteiger partial charge in [0.1, 0.15) is 12.0 Å². The second-order valence-electron chi connectivity index (χ2n) is 6.20. The summed E-state index contributed by atoms with van der Waals surface area (Å²) in [5, 5.41) is 2.95. The van der Waals surface area contributed by atoms with Crippen LogP contribution >= 0.6 is 11.3 Å². The van der Waals surface area contributed by atoms with Crippen LogP contribution in [0.2, 0.25) is 0 Å². The van der Waals surface area contributed by atoms with Crippen LogP contribution in [0.5, 0.6) is 0 Å². The maximum absolute atomic E-state index is 13.2. The molecule has 0 bridgehead atoms. The minimum atomic E-state index is -0.501. The molecule has 1 aromatic heterocycles. The summed E-state index contributed by atoms with van der Waals surface area (Å²) in [4.78, 5) is 27.7. The van der Waals surface area contributed by atoms with Crippen LogP contribution in [-0.2, 0) is 4.79 Å². The molecule has 2 aromatic carbocycles. The molecule has 0 saturated carbocycles. The van der Waals surface area contributed by atoms with Gasteiger partial charge in [0.2, 0.25) is 5.91 Å². The Kier molecular flexibility index (Phi) is 4.37. The maximum Gasteiger partial charge on any atom is 0.255 e. The summed E-state index contributed by atoms with van der Waals surface area (Å²) < 4.78 is 13.2. The van der Waals surface area contributed by atoms with Crippen LogP contribution in [0.15, 0.2) is 60.7 Å². The van der Waals surface area contributed by atoms with E-state index >= 15 is 0 Å². The van der Waals surface area contributed by atoms with Gasteiger partial charge < -0.3 is 16.0 Å². The molecule has 2 heterocycles. The van der Waals surface area contributed by atoms with Crippen LogP contribution in [-0.4, -0.2) is 18.4 Å². The molecule has 5 nitrogen and oxygen atoms in total. The van der Waals surface area contributed by atoms with E-state index in [1.54, 1.807) is 35.2 Å². The number of thiophene rings is 1. The number of hydrogen-bond acceptors (Lipinski definition) is 4. The van der Waals surface area contributed by atoms with Crippen LogP contribution in [0.3, 0.4) is 0 Å². The first-order chi connectivity index (χ1) is 13.0. The van der Waals surface area contributed by atoms with E-state index in [2.05, 4.69) is 5.32 Å². The fourth-order valence-corrected chi connectivity index (χ4v) is 4.25. The van der Waals surface area contributed by atoms with E-state index in [-0.39, 0.29) is 18.3 Å². The third kappa shape index (κ3) is 3.29. The van der Waals surface area contributed by atoms with E-state index in [0.717, 1.165) is 15.3 Å². The molecule has 4 rings (SSSR count). The zero-order chi connectivity index (χ0) is 19.0. The van der Waals surface area contributed by atoms with Crippen molar-refractivity contribution >= 4 is 28.8 Å². The highest BCUT2D eigenvalue weighted by molar-refractivity contribution is 7.15. The van der Waals surface area contributed by atoms with Gasteiger partial charge >= 0.3 is 0 Å². The summed E-state index contributed by atoms with van der Waals surface area (Å²) >= 11 is 1.47. The number of hydrogen-bond donors (Lipinski definition) is 2. The quantitative estimate of drug-likeness (QED) is 0.728. The molecule has 0 spiro atoms. The van der Waals surface area contributed by atoms with Gasteiger partial charge in [0.15, 0.2) is 0 Å². The van der Waals surface area contributed by atoms with Gasteiger partial charge in [-0.3, -0.25) is 9.59 Å². The number of nitrogens with zero attached hydrogens (tertiary/aromatic N) is 1. The summed E-state index contributed by atoms with van der Waals surface area (Å²) in [6.45, 7) is -0.0221. The number of nitrogens with two attached hydrogens (primary N) is 1. The monoisotopic (exact) mass is 381 g/mol. The molecule has 136 valence electrons. The molecule has 1 aliphatic rings. The van der Waals surface area contributed by atoms with Crippen molar-refractivity contribution in [2.24, 2.45) is 5.73 Å². The minimum absolute atomic E-state index is 0.0221. The van der Waals surface area contributed by atoms with Gasteiger partial charge in [-0.05, 0) is 42.0 Å². The van der Waals surface area contributed by atoms with Gasteiger partial charge in [-0.25, -0.2) is 4.39 Å². The highest BCUT2D eigenvalue weighted by atomic mass is 32.1. The Hall–Kier alpha value is -3.19. The van der Waals surface area contributed by atoms with Gasteiger partial charge in [-0.2, -0.15) is 0 Å². The number of carbonyl (C=O) groups excluding carboxylic acids is 2. The molecule has 7 heteroatoms. The van der Waals surface area contributed by atoms with Crippen LogP contribution < -0.4 is 16.0 Å². The molecule has 0 radical (unpaired) electrons. The number of primary amides is 1. The van der Waals surface area contributed by atoms with Crippen molar-refractivity contribution < 1.29 is 14.0 Å². The molecule has 0 fully saturated rings. The lowest BCUT2D eigenvalue weighted by Crippen LogP contribution is -2.49. The van der Waals surface area contributed by atoms with E-state index in [4.69, 9.17) is 5.73 Å². The molecule has 3 N–H and O–H groups in total. The van der Waals surface area contributed by atoms with Crippen LogP contribution in [0.1, 0.15) is 21.4 Å². The predicted molar refractivity (Wildman–Crippen MR) is 103 cm³/mol. The smallest absolute Gasteiger partial charge is 0.255 e. The van der Waals surface area contributed by atoms with Gasteiger partial charge in [-0.15, -0.1) is 11.3 Å². The maximum atomic E-state index is 13.2. The number of rotatable bonds is 4. The highest BCUT2D eigenvalue weighted by Gasteiger charge is 2.33. The van der Waals surface area contributed by atoms with E-state index < -0.39 is 12.1 Å². The Labute approximate surface area is 159 Å². The lowest BCUT2D eigenvalue weighted by Gasteiger charge is -2.37. The average Bonchev–Trinajstić information content (AvgIpc) is 3.14. The third-order valence-electron chi connectivity index (χ3n) is 4.39. The standard InChI is InChI=1S/C20H16FN3O2S/c21-13-7-5-12(6-8-13)16-9-10-17(27-16)19-23-20(26)14-3-1-2-4-15(14)24(19)11-18(22)25/h1-10,19H,11H2,(H2,22,25)(H,23,26)/t19-/m0/s1. The summed E-state index contributed by atoms with van der Waals surface area (Å²) in [5.74, 6) is -0.978. The molecular weight excluding hydrogens is 365 g/mol. The van der Waals surface area contributed by atoms with Crippen molar-refractivity contribution in [2.45, 2.75) is 6.17 Å². The number of benzene rings is 2. The molecule has 0 aliphatic carbocycles. The van der Waals surface area contributed by atoms with E-state index in [9.17, 15) is 14.0 Å². The third-order valence-corrected chi connectivity index (χ3v) is 5.58. The van der Waals surface area contributed by atoms with E-state index in [1.807, 2.05) is 18.2 Å². The fourth-order valence-electron chi connectivity index (χ4n) is 3.17. The summed E-state index contributed by atoms with van der Waals surface area (Å²) in [7, 11) is 0. The van der Waals surface area contributed by atoms with Crippen molar-refractivity contribution in [1.82, 2.24) is 5.32 Å². The van der Waals surface area contributed by atoms with Crippen LogP contribution in [0.4, 0.5) is 10.1 Å². The molecule has 1 atom stereocenters. The molecule has 1 aliphatic heterocycles. The Morgan fingerprint density at radius 3 is 2.59 bits per heavy atom. The first-order valence-corrected chi connectivity index (χ1v) is 9.15. The second-order valence-corrected chi connectivity index (χ2v) is 7.31. The van der Waals surface area contributed by atoms with Crippen LogP contribution in [0.25, 0.3) is 10.4 Å². The zero-order valence-corrected chi connectivity index (χ0v) is 15.0. The number of halogens is 1. The number of anilines is 1. The topological polar surface area (TPSA) is 75.4 Å². The second kappa shape index (κ2) is 6.85.